The van der Waals surface area contributed by atoms with Crippen molar-refractivity contribution in [2.45, 2.75) is 25.3 Å². The Labute approximate surface area is 194 Å². The molecule has 1 aromatic carbocycles. The van der Waals surface area contributed by atoms with Crippen LogP contribution in [0, 0.1) is 0 Å². The zero-order valence-electron chi connectivity index (χ0n) is 18.3. The quantitative estimate of drug-likeness (QED) is 0.149. The molecule has 0 aliphatic heterocycles. The number of anilines is 1. The summed E-state index contributed by atoms with van der Waals surface area (Å²) in [6, 6.07) is 8.47. The summed E-state index contributed by atoms with van der Waals surface area (Å²) in [6.07, 6.45) is 0.687. The number of guanidine groups is 1. The molecule has 3 amide bonds. The van der Waals surface area contributed by atoms with Gasteiger partial charge in [-0.2, -0.15) is 0 Å². The van der Waals surface area contributed by atoms with E-state index in [1.165, 1.54) is 0 Å². The molecule has 1 aromatic heterocycles. The summed E-state index contributed by atoms with van der Waals surface area (Å²) in [5.74, 6) is -2.89. The van der Waals surface area contributed by atoms with E-state index in [0.29, 0.717) is 18.5 Å². The number of aromatic amines is 1. The molecule has 0 radical (unpaired) electrons. The van der Waals surface area contributed by atoms with Gasteiger partial charge in [-0.15, -0.1) is 0 Å². The Kier molecular flexibility index (Phi) is 9.48. The average molecular weight is 475 g/mol. The van der Waals surface area contributed by atoms with E-state index < -0.39 is 23.7 Å². The molecule has 1 heterocycles. The van der Waals surface area contributed by atoms with Crippen molar-refractivity contribution in [2.75, 3.05) is 24.2 Å². The van der Waals surface area contributed by atoms with E-state index in [9.17, 15) is 19.2 Å². The van der Waals surface area contributed by atoms with Crippen LogP contribution in [0.1, 0.15) is 51.3 Å². The van der Waals surface area contributed by atoms with Gasteiger partial charge in [0.05, 0.1) is 28.5 Å². The zero-order chi connectivity index (χ0) is 24.4. The van der Waals surface area contributed by atoms with Gasteiger partial charge in [0.25, 0.3) is 17.7 Å². The minimum absolute atomic E-state index is 0.00544. The Balaban J connectivity index is 2.39. The molecular formula is C21H26N6O5S. The van der Waals surface area contributed by atoms with Gasteiger partial charge in [0, 0.05) is 12.1 Å². The second kappa shape index (κ2) is 12.3. The number of aromatic nitrogens is 1. The number of hydrogen-bond donors (Lipinski definition) is 5. The van der Waals surface area contributed by atoms with Gasteiger partial charge in [0.1, 0.15) is 5.82 Å². The molecule has 2 aromatic rings. The number of nitrogens with one attached hydrogen (secondary N) is 3. The lowest BCUT2D eigenvalue weighted by molar-refractivity contribution is -0.139. The number of carbonyl (C=O) groups is 4. The predicted octanol–water partition coefficient (Wildman–Crippen LogP) is 1.48. The highest BCUT2D eigenvalue weighted by atomic mass is 32.2. The number of primary amides is 2. The second-order valence-electron chi connectivity index (χ2n) is 6.58. The summed E-state index contributed by atoms with van der Waals surface area (Å²) in [4.78, 5) is 55.7. The number of ether oxygens (including phenoxy) is 1. The van der Waals surface area contributed by atoms with E-state index in [1.54, 1.807) is 37.3 Å². The van der Waals surface area contributed by atoms with E-state index >= 15 is 0 Å². The van der Waals surface area contributed by atoms with Crippen LogP contribution in [-0.2, 0) is 9.53 Å². The minimum Gasteiger partial charge on any atom is -0.465 e. The highest BCUT2D eigenvalue weighted by molar-refractivity contribution is 8.00. The number of amides is 3. The largest absolute Gasteiger partial charge is 0.465 e. The molecule has 0 bridgehead atoms. The van der Waals surface area contributed by atoms with Gasteiger partial charge >= 0.3 is 5.97 Å². The molecule has 7 N–H and O–H groups in total. The number of aliphatic imine (C=N–C) groups is 1. The number of esters is 1. The monoisotopic (exact) mass is 474 g/mol. The van der Waals surface area contributed by atoms with Crippen LogP contribution in [0.25, 0.3) is 0 Å². The summed E-state index contributed by atoms with van der Waals surface area (Å²) in [7, 11) is 0. The van der Waals surface area contributed by atoms with Gasteiger partial charge < -0.3 is 26.5 Å². The lowest BCUT2D eigenvalue weighted by Crippen LogP contribution is -2.37. The van der Waals surface area contributed by atoms with Crippen molar-refractivity contribution < 1.29 is 23.9 Å². The van der Waals surface area contributed by atoms with Crippen LogP contribution in [0.4, 0.5) is 5.82 Å². The third-order valence-corrected chi connectivity index (χ3v) is 5.08. The number of nitrogens with two attached hydrogens (primary N) is 2. The van der Waals surface area contributed by atoms with Crippen LogP contribution in [0.5, 0.6) is 0 Å². The van der Waals surface area contributed by atoms with Crippen LogP contribution < -0.4 is 22.1 Å². The Bertz CT molecular complexity index is 1050. The van der Waals surface area contributed by atoms with Crippen LogP contribution in [0.2, 0.25) is 0 Å². The summed E-state index contributed by atoms with van der Waals surface area (Å²) in [5.41, 5.74) is 11.0. The Morgan fingerprint density at radius 2 is 1.73 bits per heavy atom. The number of H-pyrrole nitrogens is 1. The first-order valence-corrected chi connectivity index (χ1v) is 11.1. The number of hydrogen-bond acceptors (Lipinski definition) is 7. The first-order valence-electron chi connectivity index (χ1n) is 10.1. The van der Waals surface area contributed by atoms with Gasteiger partial charge in [0.15, 0.2) is 0 Å². The highest BCUT2D eigenvalue weighted by Crippen LogP contribution is 2.30. The third kappa shape index (κ3) is 7.10. The SMILES string of the molecule is CCCN=C(NC(=O)c1ccccc1)Nc1[nH]c(SCC(=O)OCC)c(C(N)=O)c1C(N)=O. The van der Waals surface area contributed by atoms with Crippen molar-refractivity contribution in [3.8, 4) is 0 Å². The first-order chi connectivity index (χ1) is 15.8. The molecule has 176 valence electrons. The van der Waals surface area contributed by atoms with Crippen molar-refractivity contribution in [3.63, 3.8) is 0 Å². The standard InChI is InChI=1S/C21H26N6O5S/c1-3-10-24-21(27-19(31)12-8-6-5-7-9-12)26-18-14(16(22)29)15(17(23)30)20(25-18)33-11-13(28)32-4-2/h5-9,25H,3-4,10-11H2,1-2H3,(H2,22,29)(H2,23,30)(H2,24,26,27,31). The normalized spacial score (nSPS) is 11.0. The van der Waals surface area contributed by atoms with E-state index in [1.807, 2.05) is 6.92 Å². The van der Waals surface area contributed by atoms with E-state index in [-0.39, 0.29) is 40.3 Å². The number of rotatable bonds is 10. The summed E-state index contributed by atoms with van der Waals surface area (Å²) in [5, 5.41) is 5.60. The fraction of sp³-hybridized carbons (Fsp3) is 0.286. The molecule has 2 rings (SSSR count). The third-order valence-electron chi connectivity index (χ3n) is 4.10. The molecule has 11 nitrogen and oxygen atoms in total. The molecule has 0 saturated heterocycles. The fourth-order valence-corrected chi connectivity index (χ4v) is 3.58. The summed E-state index contributed by atoms with van der Waals surface area (Å²) in [6.45, 7) is 4.14. The Hall–Kier alpha value is -3.80. The van der Waals surface area contributed by atoms with Gasteiger partial charge in [-0.25, -0.2) is 0 Å². The van der Waals surface area contributed by atoms with Crippen molar-refractivity contribution in [2.24, 2.45) is 16.5 Å². The van der Waals surface area contributed by atoms with Crippen molar-refractivity contribution >= 4 is 47.2 Å². The maximum Gasteiger partial charge on any atom is 0.316 e. The van der Waals surface area contributed by atoms with Crippen LogP contribution in [0.15, 0.2) is 40.4 Å². The maximum absolute atomic E-state index is 12.6. The molecule has 33 heavy (non-hydrogen) atoms. The lowest BCUT2D eigenvalue weighted by atomic mass is 10.1. The molecule has 0 unspecified atom stereocenters. The molecule has 12 heteroatoms. The molecule has 0 aliphatic carbocycles. The van der Waals surface area contributed by atoms with E-state index in [2.05, 4.69) is 20.6 Å². The Morgan fingerprint density at radius 3 is 2.30 bits per heavy atom. The second-order valence-corrected chi connectivity index (χ2v) is 7.56. The van der Waals surface area contributed by atoms with Gasteiger partial charge in [-0.3, -0.25) is 29.5 Å². The topological polar surface area (TPSA) is 182 Å². The van der Waals surface area contributed by atoms with Crippen LogP contribution in [-0.4, -0.2) is 53.5 Å². The highest BCUT2D eigenvalue weighted by Gasteiger charge is 2.27. The summed E-state index contributed by atoms with van der Waals surface area (Å²) < 4.78 is 4.88. The molecule has 0 fully saturated rings. The maximum atomic E-state index is 12.6. The van der Waals surface area contributed by atoms with Crippen molar-refractivity contribution in [3.05, 3.63) is 47.0 Å². The van der Waals surface area contributed by atoms with Crippen LogP contribution >= 0.6 is 11.8 Å². The minimum atomic E-state index is -0.935. The number of thioether (sulfide) groups is 1. The van der Waals surface area contributed by atoms with E-state index in [4.69, 9.17) is 16.2 Å². The predicted molar refractivity (Wildman–Crippen MR) is 125 cm³/mol. The van der Waals surface area contributed by atoms with Crippen molar-refractivity contribution in [1.82, 2.24) is 10.3 Å². The van der Waals surface area contributed by atoms with Crippen LogP contribution in [0.3, 0.4) is 0 Å². The first kappa shape index (κ1) is 25.5. The summed E-state index contributed by atoms with van der Waals surface area (Å²) >= 11 is 0.926. The van der Waals surface area contributed by atoms with E-state index in [0.717, 1.165) is 11.8 Å². The number of benzene rings is 1. The molecule has 0 saturated carbocycles. The fourth-order valence-electron chi connectivity index (χ4n) is 2.72. The molecular weight excluding hydrogens is 448 g/mol. The zero-order valence-corrected chi connectivity index (χ0v) is 19.1. The smallest absolute Gasteiger partial charge is 0.316 e. The Morgan fingerprint density at radius 1 is 1.06 bits per heavy atom. The molecule has 0 aliphatic rings. The number of nitrogens with zero attached hydrogens (tertiary/aromatic N) is 1. The van der Waals surface area contributed by atoms with Crippen molar-refractivity contribution in [1.29, 1.82) is 0 Å². The number of carbonyl (C=O) groups excluding carboxylic acids is 4. The molecule has 0 spiro atoms. The van der Waals surface area contributed by atoms with Gasteiger partial charge in [0.2, 0.25) is 5.96 Å². The molecule has 0 atom stereocenters. The van der Waals surface area contributed by atoms with Gasteiger partial charge in [-0.05, 0) is 25.5 Å². The average Bonchev–Trinajstić information content (AvgIpc) is 3.15. The lowest BCUT2D eigenvalue weighted by Gasteiger charge is -2.12. The van der Waals surface area contributed by atoms with Gasteiger partial charge in [-0.1, -0.05) is 36.9 Å².